The summed E-state index contributed by atoms with van der Waals surface area (Å²) in [7, 11) is -3.31. The van der Waals surface area contributed by atoms with Gasteiger partial charge in [0.1, 0.15) is 5.60 Å². The molecule has 0 saturated carbocycles. The first-order valence-electron chi connectivity index (χ1n) is 8.09. The lowest BCUT2D eigenvalue weighted by Crippen LogP contribution is -2.22. The molecule has 2 aromatic heterocycles. The zero-order valence-corrected chi connectivity index (χ0v) is 16.4. The Hall–Kier alpha value is -2.58. The third-order valence-electron chi connectivity index (χ3n) is 4.26. The number of sulfone groups is 1. The van der Waals surface area contributed by atoms with Gasteiger partial charge in [-0.1, -0.05) is 23.5 Å². The van der Waals surface area contributed by atoms with E-state index in [0.29, 0.717) is 21.1 Å². The van der Waals surface area contributed by atoms with Crippen LogP contribution in [-0.2, 0) is 19.4 Å². The SMILES string of the molecule is CC1(C)OC(=O)C(Oc2cc3ccoc3s2)=C1c1ccc(S(C)(=O)=O)cc1. The molecule has 6 nitrogen and oxygen atoms in total. The van der Waals surface area contributed by atoms with Crippen molar-refractivity contribution in [2.75, 3.05) is 6.26 Å². The molecule has 140 valence electrons. The Balaban J connectivity index is 1.79. The maximum atomic E-state index is 12.4. The number of fused-ring (bicyclic) bond motifs is 1. The lowest BCUT2D eigenvalue weighted by molar-refractivity contribution is -0.145. The highest BCUT2D eigenvalue weighted by Crippen LogP contribution is 2.42. The summed E-state index contributed by atoms with van der Waals surface area (Å²) in [5.74, 6) is -0.469. The van der Waals surface area contributed by atoms with E-state index in [9.17, 15) is 13.2 Å². The van der Waals surface area contributed by atoms with E-state index in [0.717, 1.165) is 11.6 Å². The number of hydrogen-bond acceptors (Lipinski definition) is 7. The molecule has 0 spiro atoms. The van der Waals surface area contributed by atoms with E-state index in [1.54, 1.807) is 38.3 Å². The molecular formula is C19H16O6S2. The topological polar surface area (TPSA) is 82.8 Å². The number of thiophene rings is 1. The molecule has 8 heteroatoms. The minimum Gasteiger partial charge on any atom is -0.454 e. The summed E-state index contributed by atoms with van der Waals surface area (Å²) in [4.78, 5) is 13.3. The van der Waals surface area contributed by atoms with Gasteiger partial charge in [-0.2, -0.15) is 0 Å². The van der Waals surface area contributed by atoms with E-state index in [4.69, 9.17) is 13.9 Å². The van der Waals surface area contributed by atoms with Gasteiger partial charge in [-0.05, 0) is 37.6 Å². The van der Waals surface area contributed by atoms with Crippen molar-refractivity contribution in [1.82, 2.24) is 0 Å². The number of rotatable bonds is 4. The Morgan fingerprint density at radius 1 is 1.11 bits per heavy atom. The van der Waals surface area contributed by atoms with Crippen molar-refractivity contribution < 1.29 is 27.1 Å². The highest BCUT2D eigenvalue weighted by Gasteiger charge is 2.43. The number of carbonyl (C=O) groups excluding carboxylic acids is 1. The van der Waals surface area contributed by atoms with Crippen LogP contribution in [0.5, 0.6) is 5.06 Å². The van der Waals surface area contributed by atoms with Gasteiger partial charge in [0.2, 0.25) is 5.76 Å². The Bertz CT molecular complexity index is 1150. The van der Waals surface area contributed by atoms with Crippen molar-refractivity contribution in [2.24, 2.45) is 0 Å². The summed E-state index contributed by atoms with van der Waals surface area (Å²) in [6.07, 6.45) is 2.74. The molecular weight excluding hydrogens is 388 g/mol. The first kappa shape index (κ1) is 17.8. The molecule has 1 aromatic carbocycles. The van der Waals surface area contributed by atoms with Crippen LogP contribution >= 0.6 is 11.3 Å². The molecule has 1 aliphatic heterocycles. The quantitative estimate of drug-likeness (QED) is 0.611. The molecule has 0 amide bonds. The summed E-state index contributed by atoms with van der Waals surface area (Å²) in [6.45, 7) is 3.53. The van der Waals surface area contributed by atoms with Crippen molar-refractivity contribution >= 4 is 43.0 Å². The van der Waals surface area contributed by atoms with Gasteiger partial charge in [-0.25, -0.2) is 13.2 Å². The fourth-order valence-electron chi connectivity index (χ4n) is 3.04. The van der Waals surface area contributed by atoms with Crippen molar-refractivity contribution in [3.05, 3.63) is 54.0 Å². The highest BCUT2D eigenvalue weighted by atomic mass is 32.2. The van der Waals surface area contributed by atoms with Crippen LogP contribution in [0.1, 0.15) is 19.4 Å². The minimum absolute atomic E-state index is 0.0935. The number of hydrogen-bond donors (Lipinski definition) is 0. The van der Waals surface area contributed by atoms with Gasteiger partial charge in [-0.3, -0.25) is 0 Å². The Morgan fingerprint density at radius 2 is 1.81 bits per heavy atom. The number of carbonyl (C=O) groups is 1. The maximum absolute atomic E-state index is 12.4. The molecule has 0 bridgehead atoms. The standard InChI is InChI=1S/C19H16O6S2/c1-19(2)15(11-4-6-13(7-5-11)27(3,21)22)16(17(20)25-19)24-14-10-12-8-9-23-18(12)26-14/h4-10H,1-3H3. The number of furan rings is 1. The van der Waals surface area contributed by atoms with E-state index in [1.165, 1.54) is 23.5 Å². The molecule has 0 unspecified atom stereocenters. The molecule has 4 rings (SSSR count). The zero-order valence-electron chi connectivity index (χ0n) is 14.8. The zero-order chi connectivity index (χ0) is 19.4. The molecule has 27 heavy (non-hydrogen) atoms. The summed E-state index contributed by atoms with van der Waals surface area (Å²) in [5.41, 5.74) is 0.321. The van der Waals surface area contributed by atoms with E-state index in [2.05, 4.69) is 0 Å². The van der Waals surface area contributed by atoms with Gasteiger partial charge in [0.15, 0.2) is 19.8 Å². The predicted molar refractivity (Wildman–Crippen MR) is 101 cm³/mol. The van der Waals surface area contributed by atoms with Crippen molar-refractivity contribution in [2.45, 2.75) is 24.3 Å². The molecule has 0 fully saturated rings. The van der Waals surface area contributed by atoms with E-state index < -0.39 is 21.4 Å². The second-order valence-electron chi connectivity index (χ2n) is 6.73. The molecule has 3 heterocycles. The minimum atomic E-state index is -3.31. The fraction of sp³-hybridized carbons (Fsp3) is 0.211. The third kappa shape index (κ3) is 3.15. The van der Waals surface area contributed by atoms with Gasteiger partial charge >= 0.3 is 5.97 Å². The average Bonchev–Trinajstić information content (AvgIpc) is 3.19. The molecule has 0 saturated heterocycles. The molecule has 1 aliphatic rings. The van der Waals surface area contributed by atoms with Gasteiger partial charge in [0.05, 0.1) is 16.7 Å². The van der Waals surface area contributed by atoms with Crippen LogP contribution in [0.4, 0.5) is 0 Å². The van der Waals surface area contributed by atoms with Crippen LogP contribution < -0.4 is 4.74 Å². The Morgan fingerprint density at radius 3 is 2.44 bits per heavy atom. The van der Waals surface area contributed by atoms with E-state index in [-0.39, 0.29) is 10.7 Å². The third-order valence-corrected chi connectivity index (χ3v) is 6.31. The first-order chi connectivity index (χ1) is 12.6. The number of esters is 1. The van der Waals surface area contributed by atoms with E-state index >= 15 is 0 Å². The predicted octanol–water partition coefficient (Wildman–Crippen LogP) is 4.02. The van der Waals surface area contributed by atoms with Gasteiger partial charge in [0, 0.05) is 17.7 Å². The molecule has 0 radical (unpaired) electrons. The van der Waals surface area contributed by atoms with Gasteiger partial charge < -0.3 is 13.9 Å². The smallest absolute Gasteiger partial charge is 0.375 e. The number of cyclic esters (lactones) is 1. The van der Waals surface area contributed by atoms with Gasteiger partial charge in [0.25, 0.3) is 0 Å². The molecule has 0 N–H and O–H groups in total. The van der Waals surface area contributed by atoms with Crippen LogP contribution in [0.2, 0.25) is 0 Å². The van der Waals surface area contributed by atoms with Crippen molar-refractivity contribution in [3.8, 4) is 5.06 Å². The van der Waals surface area contributed by atoms with Crippen LogP contribution in [0.25, 0.3) is 15.9 Å². The normalized spacial score (nSPS) is 16.8. The lowest BCUT2D eigenvalue weighted by atomic mass is 9.92. The molecule has 0 aliphatic carbocycles. The van der Waals surface area contributed by atoms with Crippen LogP contribution in [0.3, 0.4) is 0 Å². The molecule has 0 atom stereocenters. The summed E-state index contributed by atoms with van der Waals surface area (Å²) >= 11 is 1.29. The Kier molecular flexibility index (Phi) is 3.94. The largest absolute Gasteiger partial charge is 0.454 e. The summed E-state index contributed by atoms with van der Waals surface area (Å²) in [5, 5.41) is 1.40. The van der Waals surface area contributed by atoms with Gasteiger partial charge in [-0.15, -0.1) is 0 Å². The monoisotopic (exact) mass is 404 g/mol. The van der Waals surface area contributed by atoms with Crippen LogP contribution in [0.15, 0.2) is 57.7 Å². The second kappa shape index (κ2) is 5.97. The Labute approximate surface area is 159 Å². The number of ether oxygens (including phenoxy) is 2. The number of benzene rings is 1. The molecule has 3 aromatic rings. The van der Waals surface area contributed by atoms with E-state index in [1.807, 2.05) is 6.07 Å². The summed E-state index contributed by atoms with van der Waals surface area (Å²) in [6, 6.07) is 9.92. The summed E-state index contributed by atoms with van der Waals surface area (Å²) < 4.78 is 40.1. The first-order valence-corrected chi connectivity index (χ1v) is 10.8. The maximum Gasteiger partial charge on any atom is 0.375 e. The average molecular weight is 404 g/mol. The fourth-order valence-corrected chi connectivity index (χ4v) is 4.51. The van der Waals surface area contributed by atoms with Crippen LogP contribution in [-0.4, -0.2) is 26.2 Å². The second-order valence-corrected chi connectivity index (χ2v) is 9.72. The van der Waals surface area contributed by atoms with Crippen molar-refractivity contribution in [3.63, 3.8) is 0 Å². The van der Waals surface area contributed by atoms with Crippen molar-refractivity contribution in [1.29, 1.82) is 0 Å². The highest BCUT2D eigenvalue weighted by molar-refractivity contribution is 7.90. The van der Waals surface area contributed by atoms with Crippen LogP contribution in [0, 0.1) is 0 Å². The lowest BCUT2D eigenvalue weighted by Gasteiger charge is -2.21.